The Hall–Kier alpha value is -2.21. The van der Waals surface area contributed by atoms with Crippen LogP contribution < -0.4 is 10.6 Å². The van der Waals surface area contributed by atoms with Crippen molar-refractivity contribution in [2.45, 2.75) is 26.2 Å². The van der Waals surface area contributed by atoms with Crippen LogP contribution in [0.3, 0.4) is 0 Å². The van der Waals surface area contributed by atoms with Gasteiger partial charge in [-0.1, -0.05) is 6.92 Å². The third-order valence-corrected chi connectivity index (χ3v) is 4.52. The van der Waals surface area contributed by atoms with Gasteiger partial charge in [0.25, 0.3) is 5.91 Å². The van der Waals surface area contributed by atoms with Gasteiger partial charge in [0, 0.05) is 6.54 Å². The quantitative estimate of drug-likeness (QED) is 0.854. The number of carbonyl (C=O) groups is 1. The lowest BCUT2D eigenvalue weighted by Gasteiger charge is -2.10. The average molecular weight is 330 g/mol. The van der Waals surface area contributed by atoms with Gasteiger partial charge in [-0.2, -0.15) is 5.10 Å². The zero-order chi connectivity index (χ0) is 16.9. The molecule has 2 heterocycles. The summed E-state index contributed by atoms with van der Waals surface area (Å²) in [5.41, 5.74) is 2.18. The van der Waals surface area contributed by atoms with Crippen LogP contribution in [0.15, 0.2) is 30.5 Å². The monoisotopic (exact) mass is 330 g/mol. The first-order chi connectivity index (χ1) is 11.7. The van der Waals surface area contributed by atoms with Crippen molar-refractivity contribution in [3.63, 3.8) is 0 Å². The molecule has 0 spiro atoms. The molecule has 0 bridgehead atoms. The van der Waals surface area contributed by atoms with Crippen LogP contribution in [0.25, 0.3) is 5.69 Å². The molecule has 2 N–H and O–H groups in total. The second-order valence-electron chi connectivity index (χ2n) is 6.15. The molecule has 1 amide bonds. The number of rotatable bonds is 6. The van der Waals surface area contributed by atoms with E-state index in [-0.39, 0.29) is 11.7 Å². The Labute approximate surface area is 141 Å². The fourth-order valence-electron chi connectivity index (χ4n) is 3.15. The lowest BCUT2D eigenvalue weighted by molar-refractivity contribution is 0.0950. The fraction of sp³-hybridized carbons (Fsp3) is 0.444. The topological polar surface area (TPSA) is 59.0 Å². The number of hydrogen-bond acceptors (Lipinski definition) is 3. The number of halogens is 1. The highest BCUT2D eigenvalue weighted by molar-refractivity contribution is 5.95. The van der Waals surface area contributed by atoms with Gasteiger partial charge in [-0.3, -0.25) is 4.79 Å². The number of nitrogens with zero attached hydrogens (tertiary/aromatic N) is 2. The van der Waals surface area contributed by atoms with E-state index in [0.717, 1.165) is 30.9 Å². The number of benzene rings is 1. The SMILES string of the molecule is CCc1c(C(=O)NCCC2CCNC2)cnn1-c1ccc(F)cc1. The van der Waals surface area contributed by atoms with Gasteiger partial charge in [0.1, 0.15) is 5.82 Å². The Balaban J connectivity index is 1.68. The number of amides is 1. The number of aromatic nitrogens is 2. The highest BCUT2D eigenvalue weighted by atomic mass is 19.1. The van der Waals surface area contributed by atoms with Gasteiger partial charge in [-0.25, -0.2) is 9.07 Å². The third-order valence-electron chi connectivity index (χ3n) is 4.52. The first-order valence-electron chi connectivity index (χ1n) is 8.50. The molecule has 1 aromatic carbocycles. The Morgan fingerprint density at radius 3 is 2.88 bits per heavy atom. The standard InChI is InChI=1S/C18H23FN4O/c1-2-17-16(18(24)21-10-8-13-7-9-20-11-13)12-22-23(17)15-5-3-14(19)4-6-15/h3-6,12-13,20H,2,7-11H2,1H3,(H,21,24). The maximum absolute atomic E-state index is 13.1. The summed E-state index contributed by atoms with van der Waals surface area (Å²) in [6.07, 6.45) is 4.44. The third kappa shape index (κ3) is 3.64. The normalized spacial score (nSPS) is 17.2. The van der Waals surface area contributed by atoms with Gasteiger partial charge in [-0.15, -0.1) is 0 Å². The van der Waals surface area contributed by atoms with Crippen LogP contribution in [0.5, 0.6) is 0 Å². The molecule has 1 saturated heterocycles. The minimum atomic E-state index is -0.289. The number of carbonyl (C=O) groups excluding carboxylic acids is 1. The van der Waals surface area contributed by atoms with Gasteiger partial charge in [-0.05, 0) is 62.5 Å². The summed E-state index contributed by atoms with van der Waals surface area (Å²) in [4.78, 5) is 12.5. The molecular formula is C18H23FN4O. The molecule has 2 aromatic rings. The summed E-state index contributed by atoms with van der Waals surface area (Å²) >= 11 is 0. The largest absolute Gasteiger partial charge is 0.352 e. The maximum Gasteiger partial charge on any atom is 0.254 e. The number of hydrogen-bond donors (Lipinski definition) is 2. The summed E-state index contributed by atoms with van der Waals surface area (Å²) < 4.78 is 14.8. The molecule has 24 heavy (non-hydrogen) atoms. The van der Waals surface area contributed by atoms with Gasteiger partial charge in [0.2, 0.25) is 0 Å². The van der Waals surface area contributed by atoms with E-state index in [2.05, 4.69) is 15.7 Å². The Bertz CT molecular complexity index is 690. The Kier molecular flexibility index (Phi) is 5.25. The summed E-state index contributed by atoms with van der Waals surface area (Å²) in [6.45, 7) is 4.77. The van der Waals surface area contributed by atoms with Crippen LogP contribution in [-0.4, -0.2) is 35.3 Å². The van der Waals surface area contributed by atoms with Crippen molar-refractivity contribution in [2.75, 3.05) is 19.6 Å². The molecule has 1 unspecified atom stereocenters. The van der Waals surface area contributed by atoms with Crippen molar-refractivity contribution in [1.29, 1.82) is 0 Å². The molecule has 128 valence electrons. The molecule has 3 rings (SSSR count). The van der Waals surface area contributed by atoms with Crippen molar-refractivity contribution in [3.05, 3.63) is 47.5 Å². The van der Waals surface area contributed by atoms with Crippen molar-refractivity contribution in [3.8, 4) is 5.69 Å². The highest BCUT2D eigenvalue weighted by Crippen LogP contribution is 2.17. The summed E-state index contributed by atoms with van der Waals surface area (Å²) in [7, 11) is 0. The minimum Gasteiger partial charge on any atom is -0.352 e. The van der Waals surface area contributed by atoms with Crippen LogP contribution >= 0.6 is 0 Å². The van der Waals surface area contributed by atoms with E-state index in [1.807, 2.05) is 6.92 Å². The van der Waals surface area contributed by atoms with E-state index < -0.39 is 0 Å². The second kappa shape index (κ2) is 7.57. The molecule has 0 aliphatic carbocycles. The molecular weight excluding hydrogens is 307 g/mol. The molecule has 1 aliphatic rings. The van der Waals surface area contributed by atoms with Gasteiger partial charge in [0.15, 0.2) is 0 Å². The van der Waals surface area contributed by atoms with Gasteiger partial charge >= 0.3 is 0 Å². The minimum absolute atomic E-state index is 0.0915. The first-order valence-corrected chi connectivity index (χ1v) is 8.50. The second-order valence-corrected chi connectivity index (χ2v) is 6.15. The predicted octanol–water partition coefficient (Wildman–Crippen LogP) is 2.30. The van der Waals surface area contributed by atoms with Crippen LogP contribution in [0.1, 0.15) is 35.8 Å². The Morgan fingerprint density at radius 1 is 1.42 bits per heavy atom. The van der Waals surface area contributed by atoms with Gasteiger partial charge < -0.3 is 10.6 Å². The molecule has 0 saturated carbocycles. The van der Waals surface area contributed by atoms with Crippen LogP contribution in [-0.2, 0) is 6.42 Å². The summed E-state index contributed by atoms with van der Waals surface area (Å²) in [5.74, 6) is 0.271. The van der Waals surface area contributed by atoms with E-state index in [1.54, 1.807) is 23.0 Å². The maximum atomic E-state index is 13.1. The molecule has 1 aromatic heterocycles. The van der Waals surface area contributed by atoms with Crippen LogP contribution in [0.4, 0.5) is 4.39 Å². The van der Waals surface area contributed by atoms with Crippen LogP contribution in [0.2, 0.25) is 0 Å². The molecule has 6 heteroatoms. The van der Waals surface area contributed by atoms with Crippen molar-refractivity contribution in [1.82, 2.24) is 20.4 Å². The molecule has 1 fully saturated rings. The summed E-state index contributed by atoms with van der Waals surface area (Å²) in [6, 6.07) is 6.12. The lowest BCUT2D eigenvalue weighted by atomic mass is 10.1. The van der Waals surface area contributed by atoms with Crippen molar-refractivity contribution in [2.24, 2.45) is 5.92 Å². The molecule has 5 nitrogen and oxygen atoms in total. The first kappa shape index (κ1) is 16.6. The van der Waals surface area contributed by atoms with Crippen molar-refractivity contribution >= 4 is 5.91 Å². The van der Waals surface area contributed by atoms with Crippen molar-refractivity contribution < 1.29 is 9.18 Å². The Morgan fingerprint density at radius 2 is 2.21 bits per heavy atom. The lowest BCUT2D eigenvalue weighted by Crippen LogP contribution is -2.27. The van der Waals surface area contributed by atoms with E-state index in [4.69, 9.17) is 0 Å². The van der Waals surface area contributed by atoms with E-state index in [0.29, 0.717) is 24.4 Å². The van der Waals surface area contributed by atoms with Crippen LogP contribution in [0, 0.1) is 11.7 Å². The van der Waals surface area contributed by atoms with E-state index >= 15 is 0 Å². The predicted molar refractivity (Wildman–Crippen MR) is 90.8 cm³/mol. The smallest absolute Gasteiger partial charge is 0.254 e. The molecule has 1 aliphatic heterocycles. The summed E-state index contributed by atoms with van der Waals surface area (Å²) in [5, 5.41) is 10.6. The van der Waals surface area contributed by atoms with E-state index in [1.165, 1.54) is 18.6 Å². The van der Waals surface area contributed by atoms with E-state index in [9.17, 15) is 9.18 Å². The zero-order valence-corrected chi connectivity index (χ0v) is 13.9. The number of nitrogens with one attached hydrogen (secondary N) is 2. The van der Waals surface area contributed by atoms with Gasteiger partial charge in [0.05, 0.1) is 23.1 Å². The fourth-order valence-corrected chi connectivity index (χ4v) is 3.15. The molecule has 0 radical (unpaired) electrons. The zero-order valence-electron chi connectivity index (χ0n) is 13.9. The molecule has 1 atom stereocenters. The average Bonchev–Trinajstić information content (AvgIpc) is 3.24. The highest BCUT2D eigenvalue weighted by Gasteiger charge is 2.18.